The first kappa shape index (κ1) is 21.9. The Hall–Kier alpha value is -2.97. The molecule has 0 bridgehead atoms. The number of rotatable bonds is 5. The third kappa shape index (κ3) is 3.57. The number of aryl methyl sites for hydroxylation is 1. The third-order valence-corrected chi connectivity index (χ3v) is 8.40. The van der Waals surface area contributed by atoms with Crippen molar-refractivity contribution in [2.45, 2.75) is 49.3 Å². The lowest BCUT2D eigenvalue weighted by Crippen LogP contribution is -2.46. The van der Waals surface area contributed by atoms with Gasteiger partial charge in [-0.25, -0.2) is 0 Å². The Balaban J connectivity index is 1.48. The molecule has 0 unspecified atom stereocenters. The van der Waals surface area contributed by atoms with Gasteiger partial charge in [0, 0.05) is 6.54 Å². The number of sulfonamides is 1. The summed E-state index contributed by atoms with van der Waals surface area (Å²) >= 11 is 0. The predicted octanol–water partition coefficient (Wildman–Crippen LogP) is 3.02. The largest absolute Gasteiger partial charge is 0.497 e. The number of allylic oxidation sites excluding steroid dienone is 1. The summed E-state index contributed by atoms with van der Waals surface area (Å²) in [5.74, 6) is 0.237. The molecule has 1 aliphatic heterocycles. The van der Waals surface area contributed by atoms with Crippen LogP contribution in [0.4, 0.5) is 0 Å². The molecule has 7 nitrogen and oxygen atoms in total. The molecule has 1 heterocycles. The van der Waals surface area contributed by atoms with E-state index in [0.717, 1.165) is 16.9 Å². The fourth-order valence-electron chi connectivity index (χ4n) is 5.34. The number of hydrogen-bond acceptors (Lipinski definition) is 5. The summed E-state index contributed by atoms with van der Waals surface area (Å²) in [5.41, 5.74) is 1.20. The van der Waals surface area contributed by atoms with Crippen molar-refractivity contribution < 1.29 is 23.1 Å². The van der Waals surface area contributed by atoms with Gasteiger partial charge in [0.1, 0.15) is 11.4 Å². The summed E-state index contributed by atoms with van der Waals surface area (Å²) in [6, 6.07) is 13.7. The molecular weight excluding hydrogens is 440 g/mol. The topological polar surface area (TPSA) is 96.3 Å². The van der Waals surface area contributed by atoms with Crippen molar-refractivity contribution in [1.82, 2.24) is 4.90 Å². The lowest BCUT2D eigenvalue weighted by Gasteiger charge is -2.34. The Bertz CT molecular complexity index is 1260. The van der Waals surface area contributed by atoms with Crippen LogP contribution in [0, 0.1) is 12.8 Å². The van der Waals surface area contributed by atoms with E-state index >= 15 is 0 Å². The maximum absolute atomic E-state index is 13.3. The molecule has 0 spiro atoms. The van der Waals surface area contributed by atoms with Gasteiger partial charge in [0.25, 0.3) is 15.9 Å². The van der Waals surface area contributed by atoms with Crippen molar-refractivity contribution in [2.24, 2.45) is 10.3 Å². The number of amides is 1. The fraction of sp³-hybridized carbons (Fsp3) is 0.360. The van der Waals surface area contributed by atoms with Gasteiger partial charge in [-0.3, -0.25) is 4.79 Å². The van der Waals surface area contributed by atoms with E-state index in [1.807, 2.05) is 31.2 Å². The molecule has 1 saturated heterocycles. The lowest BCUT2D eigenvalue weighted by molar-refractivity contribution is -0.127. The SMILES string of the molecule is COc1ccc(CN2C(=O)C3=CC(=NS(=O)(=O)c4ccc(C)cc4)C[C@H]4CC[C@@H]2[C@@]34O)cc1. The standard InChI is InChI=1S/C25H26N2O5S/c1-16-3-10-21(11-4-16)33(30,31)26-19-13-18-7-12-23-25(18,29)22(14-19)24(28)27(23)15-17-5-8-20(32-2)9-6-17/h3-6,8-11,14,18,23,29H,7,12-13,15H2,1-2H3/t18-,23-,25+/m1/s1. The van der Waals surface area contributed by atoms with Crippen LogP contribution in [-0.4, -0.2) is 48.8 Å². The quantitative estimate of drug-likeness (QED) is 0.731. The van der Waals surface area contributed by atoms with Crippen LogP contribution in [0.1, 0.15) is 30.4 Å². The van der Waals surface area contributed by atoms with Crippen LogP contribution < -0.4 is 4.74 Å². The summed E-state index contributed by atoms with van der Waals surface area (Å²) in [6.07, 6.45) is 3.19. The molecule has 33 heavy (non-hydrogen) atoms. The zero-order valence-corrected chi connectivity index (χ0v) is 19.4. The summed E-state index contributed by atoms with van der Waals surface area (Å²) in [5, 5.41) is 11.6. The van der Waals surface area contributed by atoms with Gasteiger partial charge in [0.2, 0.25) is 0 Å². The minimum atomic E-state index is -3.90. The number of benzene rings is 2. The van der Waals surface area contributed by atoms with Crippen LogP contribution in [0.15, 0.2) is 69.5 Å². The molecule has 1 N–H and O–H groups in total. The maximum Gasteiger partial charge on any atom is 0.282 e. The van der Waals surface area contributed by atoms with Gasteiger partial charge in [-0.15, -0.1) is 0 Å². The summed E-state index contributed by atoms with van der Waals surface area (Å²) in [4.78, 5) is 15.2. The van der Waals surface area contributed by atoms with Crippen LogP contribution in [-0.2, 0) is 21.4 Å². The molecule has 5 rings (SSSR count). The second-order valence-electron chi connectivity index (χ2n) is 9.03. The third-order valence-electron chi connectivity index (χ3n) is 7.05. The number of hydrogen-bond donors (Lipinski definition) is 1. The molecule has 2 fully saturated rings. The van der Waals surface area contributed by atoms with Crippen LogP contribution >= 0.6 is 0 Å². The Morgan fingerprint density at radius 1 is 1.12 bits per heavy atom. The number of aliphatic hydroxyl groups is 1. The second kappa shape index (κ2) is 7.81. The smallest absolute Gasteiger partial charge is 0.282 e. The second-order valence-corrected chi connectivity index (χ2v) is 10.6. The van der Waals surface area contributed by atoms with Crippen LogP contribution in [0.2, 0.25) is 0 Å². The Morgan fingerprint density at radius 2 is 1.82 bits per heavy atom. The molecule has 0 aromatic heterocycles. The molecule has 2 aromatic rings. The first-order valence-corrected chi connectivity index (χ1v) is 12.5. The average Bonchev–Trinajstić information content (AvgIpc) is 3.23. The van der Waals surface area contributed by atoms with Gasteiger partial charge in [0.15, 0.2) is 0 Å². The molecule has 1 amide bonds. The van der Waals surface area contributed by atoms with Crippen LogP contribution in [0.25, 0.3) is 0 Å². The number of ether oxygens (including phenoxy) is 1. The van der Waals surface area contributed by atoms with Gasteiger partial charge < -0.3 is 14.7 Å². The molecule has 2 aliphatic carbocycles. The summed E-state index contributed by atoms with van der Waals surface area (Å²) in [6.45, 7) is 2.25. The first-order chi connectivity index (χ1) is 15.7. The van der Waals surface area contributed by atoms with E-state index in [2.05, 4.69) is 4.40 Å². The normalized spacial score (nSPS) is 27.6. The number of carbonyl (C=O) groups excluding carboxylic acids is 1. The molecule has 1 saturated carbocycles. The number of carbonyl (C=O) groups is 1. The average molecular weight is 467 g/mol. The minimum Gasteiger partial charge on any atom is -0.497 e. The zero-order valence-electron chi connectivity index (χ0n) is 18.6. The monoisotopic (exact) mass is 466 g/mol. The Morgan fingerprint density at radius 3 is 2.48 bits per heavy atom. The molecule has 2 aromatic carbocycles. The summed E-state index contributed by atoms with van der Waals surface area (Å²) in [7, 11) is -2.30. The highest BCUT2D eigenvalue weighted by Gasteiger charge is 2.63. The Labute approximate surface area is 193 Å². The predicted molar refractivity (Wildman–Crippen MR) is 124 cm³/mol. The van der Waals surface area contributed by atoms with Crippen molar-refractivity contribution in [3.63, 3.8) is 0 Å². The van der Waals surface area contributed by atoms with Gasteiger partial charge in [-0.1, -0.05) is 29.8 Å². The van der Waals surface area contributed by atoms with Crippen molar-refractivity contribution in [1.29, 1.82) is 0 Å². The highest BCUT2D eigenvalue weighted by molar-refractivity contribution is 7.90. The highest BCUT2D eigenvalue weighted by atomic mass is 32.2. The van der Waals surface area contributed by atoms with Gasteiger partial charge >= 0.3 is 0 Å². The van der Waals surface area contributed by atoms with Gasteiger partial charge in [-0.2, -0.15) is 12.8 Å². The summed E-state index contributed by atoms with van der Waals surface area (Å²) < 4.78 is 34.9. The lowest BCUT2D eigenvalue weighted by atomic mass is 9.76. The van der Waals surface area contributed by atoms with E-state index in [-0.39, 0.29) is 28.3 Å². The van der Waals surface area contributed by atoms with E-state index in [4.69, 9.17) is 4.74 Å². The molecule has 3 aliphatic rings. The maximum atomic E-state index is 13.3. The van der Waals surface area contributed by atoms with Crippen LogP contribution in [0.5, 0.6) is 5.75 Å². The highest BCUT2D eigenvalue weighted by Crippen LogP contribution is 2.53. The van der Waals surface area contributed by atoms with Crippen molar-refractivity contribution >= 4 is 21.6 Å². The van der Waals surface area contributed by atoms with Crippen molar-refractivity contribution in [3.05, 3.63) is 71.3 Å². The van der Waals surface area contributed by atoms with E-state index in [9.17, 15) is 18.3 Å². The van der Waals surface area contributed by atoms with E-state index in [0.29, 0.717) is 31.5 Å². The van der Waals surface area contributed by atoms with Crippen molar-refractivity contribution in [2.75, 3.05) is 7.11 Å². The molecular formula is C25H26N2O5S. The first-order valence-electron chi connectivity index (χ1n) is 11.0. The molecule has 0 radical (unpaired) electrons. The fourth-order valence-corrected chi connectivity index (χ4v) is 6.36. The van der Waals surface area contributed by atoms with E-state index in [1.54, 1.807) is 24.1 Å². The van der Waals surface area contributed by atoms with Gasteiger partial charge in [0.05, 0.1) is 29.3 Å². The zero-order chi connectivity index (χ0) is 23.4. The Kier molecular flexibility index (Phi) is 5.17. The van der Waals surface area contributed by atoms with Crippen LogP contribution in [0.3, 0.4) is 0 Å². The molecule has 172 valence electrons. The van der Waals surface area contributed by atoms with E-state index in [1.165, 1.54) is 18.2 Å². The number of nitrogens with zero attached hydrogens (tertiary/aromatic N) is 2. The van der Waals surface area contributed by atoms with E-state index < -0.39 is 15.6 Å². The molecule has 3 atom stereocenters. The number of likely N-dealkylation sites (tertiary alicyclic amines) is 1. The minimum absolute atomic E-state index is 0.114. The van der Waals surface area contributed by atoms with Gasteiger partial charge in [-0.05, 0) is 68.0 Å². The molecule has 8 heteroatoms. The number of methoxy groups -OCH3 is 1. The van der Waals surface area contributed by atoms with Crippen molar-refractivity contribution in [3.8, 4) is 5.75 Å².